The van der Waals surface area contributed by atoms with Gasteiger partial charge in [-0.3, -0.25) is 18.9 Å². The van der Waals surface area contributed by atoms with E-state index in [1.807, 2.05) is 0 Å². The van der Waals surface area contributed by atoms with Crippen LogP contribution in [0.5, 0.6) is 5.75 Å². The van der Waals surface area contributed by atoms with Crippen LogP contribution in [0.4, 0.5) is 10.1 Å². The Bertz CT molecular complexity index is 1010. The molecule has 2 aromatic rings. The molecule has 1 aliphatic heterocycles. The highest BCUT2D eigenvalue weighted by atomic mass is 32.3. The number of aliphatic imine (C=N–C) groups is 1. The largest absolute Gasteiger partial charge is 0.495 e. The number of carbonyl (C=O) groups is 1. The molecule has 3 rings (SSSR count). The van der Waals surface area contributed by atoms with Gasteiger partial charge in [0.2, 0.25) is 5.95 Å². The Morgan fingerprint density at radius 1 is 1.27 bits per heavy atom. The minimum absolute atomic E-state index is 0.00696. The van der Waals surface area contributed by atoms with Gasteiger partial charge in [0.1, 0.15) is 27.6 Å². The first-order valence-corrected chi connectivity index (χ1v) is 10.7. The maximum absolute atomic E-state index is 14.6. The molecule has 11 heteroatoms. The summed E-state index contributed by atoms with van der Waals surface area (Å²) >= 11 is 0. The molecular formula is C19H24FN5O4S. The van der Waals surface area contributed by atoms with Crippen molar-refractivity contribution in [3.05, 3.63) is 47.8 Å². The van der Waals surface area contributed by atoms with Crippen molar-refractivity contribution in [2.24, 2.45) is 10.7 Å². The van der Waals surface area contributed by atoms with Gasteiger partial charge in [0.25, 0.3) is 5.91 Å². The van der Waals surface area contributed by atoms with E-state index in [4.69, 9.17) is 10.5 Å². The van der Waals surface area contributed by atoms with Crippen LogP contribution >= 0.6 is 10.6 Å². The van der Waals surface area contributed by atoms with Gasteiger partial charge in [-0.25, -0.2) is 9.97 Å². The fourth-order valence-corrected chi connectivity index (χ4v) is 4.78. The number of ether oxygens (including phenoxy) is 1. The van der Waals surface area contributed by atoms with Crippen molar-refractivity contribution in [2.75, 3.05) is 18.2 Å². The molecule has 0 unspecified atom stereocenters. The monoisotopic (exact) mass is 437 g/mol. The number of anilines is 1. The van der Waals surface area contributed by atoms with Gasteiger partial charge in [0.05, 0.1) is 30.9 Å². The standard InChI is InChI=1S/C19H24FN5O4S/c1-18(2)17(21)25-19(3,10-30(18,27)28)13-7-11(8-23-15(13)20)24-16(26)14-6-5-12(29-4)9-22-14/h5-9,27-28H,10H2,1-4H3,(H2,21,25)(H,24,26)/t19-/m0/s1. The lowest BCUT2D eigenvalue weighted by atomic mass is 9.94. The van der Waals surface area contributed by atoms with Gasteiger partial charge in [-0.1, -0.05) is 0 Å². The highest BCUT2D eigenvalue weighted by Gasteiger charge is 2.49. The highest BCUT2D eigenvalue weighted by molar-refractivity contribution is 8.26. The summed E-state index contributed by atoms with van der Waals surface area (Å²) < 4.78 is 39.7. The molecular weight excluding hydrogens is 413 g/mol. The Labute approximate surface area is 174 Å². The number of carbonyl (C=O) groups excluding carboxylic acids is 1. The Balaban J connectivity index is 1.93. The van der Waals surface area contributed by atoms with Crippen LogP contribution in [0.25, 0.3) is 0 Å². The van der Waals surface area contributed by atoms with Gasteiger partial charge in [-0.05, 0) is 39.0 Å². The van der Waals surface area contributed by atoms with Crippen LogP contribution in [0.2, 0.25) is 0 Å². The quantitative estimate of drug-likeness (QED) is 0.538. The van der Waals surface area contributed by atoms with E-state index in [2.05, 4.69) is 20.3 Å². The lowest BCUT2D eigenvalue weighted by molar-refractivity contribution is 0.102. The zero-order chi connectivity index (χ0) is 22.3. The number of nitrogens with zero attached hydrogens (tertiary/aromatic N) is 3. The maximum Gasteiger partial charge on any atom is 0.274 e. The summed E-state index contributed by atoms with van der Waals surface area (Å²) in [5, 5.41) is 2.60. The van der Waals surface area contributed by atoms with Gasteiger partial charge in [0, 0.05) is 5.56 Å². The summed E-state index contributed by atoms with van der Waals surface area (Å²) in [5.74, 6) is -1.10. The molecule has 1 amide bonds. The predicted molar refractivity (Wildman–Crippen MR) is 114 cm³/mol. The Hall–Kier alpha value is -2.76. The molecule has 162 valence electrons. The molecule has 0 fully saturated rings. The summed E-state index contributed by atoms with van der Waals surface area (Å²) in [6.07, 6.45) is 2.55. The SMILES string of the molecule is COc1ccc(C(=O)Nc2cnc(F)c([C@]3(C)CS(O)(O)C(C)(C)C(N)=N3)c2)nc1. The third kappa shape index (κ3) is 3.83. The molecule has 0 saturated carbocycles. The van der Waals surface area contributed by atoms with Crippen molar-refractivity contribution in [3.8, 4) is 5.75 Å². The Morgan fingerprint density at radius 2 is 1.97 bits per heavy atom. The minimum atomic E-state index is -3.23. The molecule has 0 aromatic carbocycles. The molecule has 0 spiro atoms. The summed E-state index contributed by atoms with van der Waals surface area (Å²) in [6.45, 7) is 4.70. The molecule has 5 N–H and O–H groups in total. The van der Waals surface area contributed by atoms with Crippen molar-refractivity contribution < 1.29 is 23.0 Å². The molecule has 0 aliphatic carbocycles. The minimum Gasteiger partial charge on any atom is -0.495 e. The molecule has 2 aromatic heterocycles. The molecule has 9 nitrogen and oxygen atoms in total. The normalized spacial score (nSPS) is 23.2. The fraction of sp³-hybridized carbons (Fsp3) is 0.368. The Morgan fingerprint density at radius 3 is 2.53 bits per heavy atom. The number of rotatable bonds is 4. The van der Waals surface area contributed by atoms with Crippen LogP contribution in [-0.4, -0.2) is 48.4 Å². The average Bonchev–Trinajstić information content (AvgIpc) is 2.67. The molecule has 30 heavy (non-hydrogen) atoms. The molecule has 0 radical (unpaired) electrons. The van der Waals surface area contributed by atoms with E-state index in [1.54, 1.807) is 26.8 Å². The first-order valence-electron chi connectivity index (χ1n) is 8.98. The number of nitrogens with one attached hydrogen (secondary N) is 1. The molecule has 0 saturated heterocycles. The number of methoxy groups -OCH3 is 1. The van der Waals surface area contributed by atoms with Crippen LogP contribution in [0, 0.1) is 5.95 Å². The zero-order valence-corrected chi connectivity index (χ0v) is 17.8. The van der Waals surface area contributed by atoms with E-state index in [1.165, 1.54) is 25.4 Å². The second-order valence-corrected chi connectivity index (χ2v) is 10.3. The smallest absolute Gasteiger partial charge is 0.274 e. The van der Waals surface area contributed by atoms with Crippen molar-refractivity contribution in [2.45, 2.75) is 31.1 Å². The topological polar surface area (TPSA) is 143 Å². The summed E-state index contributed by atoms with van der Waals surface area (Å²) in [6, 6.07) is 4.43. The number of amidine groups is 1. The molecule has 3 heterocycles. The summed E-state index contributed by atoms with van der Waals surface area (Å²) in [4.78, 5) is 24.5. The lowest BCUT2D eigenvalue weighted by Crippen LogP contribution is -2.52. The Kier molecular flexibility index (Phi) is 5.48. The van der Waals surface area contributed by atoms with Crippen LogP contribution in [0.3, 0.4) is 0 Å². The second kappa shape index (κ2) is 7.49. The number of aromatic nitrogens is 2. The van der Waals surface area contributed by atoms with E-state index in [0.717, 1.165) is 6.20 Å². The van der Waals surface area contributed by atoms with Crippen LogP contribution in [-0.2, 0) is 5.54 Å². The van der Waals surface area contributed by atoms with E-state index in [9.17, 15) is 18.3 Å². The van der Waals surface area contributed by atoms with Gasteiger partial charge in [-0.2, -0.15) is 15.0 Å². The first-order chi connectivity index (χ1) is 13.9. The van der Waals surface area contributed by atoms with Gasteiger partial charge >= 0.3 is 0 Å². The van der Waals surface area contributed by atoms with Gasteiger partial charge in [-0.15, -0.1) is 0 Å². The van der Waals surface area contributed by atoms with Gasteiger partial charge in [0.15, 0.2) is 0 Å². The number of halogens is 1. The predicted octanol–water partition coefficient (Wildman–Crippen LogP) is 2.99. The lowest BCUT2D eigenvalue weighted by Gasteiger charge is -2.53. The highest BCUT2D eigenvalue weighted by Crippen LogP contribution is 2.59. The number of pyridine rings is 2. The molecule has 1 atom stereocenters. The second-order valence-electron chi connectivity index (χ2n) is 7.69. The van der Waals surface area contributed by atoms with Crippen molar-refractivity contribution >= 4 is 28.0 Å². The van der Waals surface area contributed by atoms with E-state index in [0.29, 0.717) is 5.75 Å². The number of amides is 1. The average molecular weight is 437 g/mol. The number of hydrogen-bond acceptors (Lipinski definition) is 8. The third-order valence-corrected chi connectivity index (χ3v) is 7.97. The van der Waals surface area contributed by atoms with Crippen LogP contribution in [0.1, 0.15) is 36.8 Å². The summed E-state index contributed by atoms with van der Waals surface area (Å²) in [7, 11) is -1.74. The first kappa shape index (κ1) is 21.9. The molecule has 1 aliphatic rings. The fourth-order valence-electron chi connectivity index (χ4n) is 3.04. The van der Waals surface area contributed by atoms with Crippen molar-refractivity contribution in [3.63, 3.8) is 0 Å². The maximum atomic E-state index is 14.6. The zero-order valence-electron chi connectivity index (χ0n) is 17.0. The number of nitrogens with two attached hydrogens (primary N) is 1. The molecule has 0 bridgehead atoms. The van der Waals surface area contributed by atoms with E-state index < -0.39 is 32.7 Å². The number of hydrogen-bond donors (Lipinski definition) is 4. The van der Waals surface area contributed by atoms with Gasteiger partial charge < -0.3 is 15.8 Å². The van der Waals surface area contributed by atoms with Crippen molar-refractivity contribution in [1.82, 2.24) is 9.97 Å². The van der Waals surface area contributed by atoms with E-state index in [-0.39, 0.29) is 28.5 Å². The van der Waals surface area contributed by atoms with Crippen LogP contribution in [0.15, 0.2) is 35.6 Å². The van der Waals surface area contributed by atoms with E-state index >= 15 is 0 Å². The van der Waals surface area contributed by atoms with Crippen LogP contribution < -0.4 is 15.8 Å². The van der Waals surface area contributed by atoms with Crippen molar-refractivity contribution in [1.29, 1.82) is 0 Å². The third-order valence-electron chi connectivity index (χ3n) is 5.17. The summed E-state index contributed by atoms with van der Waals surface area (Å²) in [5.41, 5.74) is 4.94.